The van der Waals surface area contributed by atoms with Crippen molar-refractivity contribution in [3.63, 3.8) is 0 Å². The summed E-state index contributed by atoms with van der Waals surface area (Å²) in [5.41, 5.74) is 1.71. The number of urea groups is 1. The van der Waals surface area contributed by atoms with Crippen LogP contribution >= 0.6 is 22.9 Å². The van der Waals surface area contributed by atoms with Crippen LogP contribution in [0.3, 0.4) is 0 Å². The fourth-order valence-corrected chi connectivity index (χ4v) is 5.14. The number of hydrazone groups is 1. The van der Waals surface area contributed by atoms with Gasteiger partial charge in [0.25, 0.3) is 5.91 Å². The lowest BCUT2D eigenvalue weighted by Gasteiger charge is -2.31. The lowest BCUT2D eigenvalue weighted by atomic mass is 10.0. The third kappa shape index (κ3) is 5.96. The van der Waals surface area contributed by atoms with Crippen molar-refractivity contribution in [2.24, 2.45) is 5.10 Å². The van der Waals surface area contributed by atoms with Crippen molar-refractivity contribution in [2.45, 2.75) is 19.4 Å². The molecule has 34 heavy (non-hydrogen) atoms. The summed E-state index contributed by atoms with van der Waals surface area (Å²) >= 11 is 8.10. The number of halogens is 1. The Kier molecular flexibility index (Phi) is 8.55. The average Bonchev–Trinajstić information content (AvgIpc) is 3.53. The highest BCUT2D eigenvalue weighted by atomic mass is 35.5. The van der Waals surface area contributed by atoms with E-state index in [2.05, 4.69) is 10.2 Å². The molecule has 1 atom stereocenters. The molecule has 3 heterocycles. The van der Waals surface area contributed by atoms with Gasteiger partial charge in [0.1, 0.15) is 6.54 Å². The second-order valence-electron chi connectivity index (χ2n) is 8.21. The number of rotatable bonds is 8. The Morgan fingerprint density at radius 3 is 2.74 bits per heavy atom. The lowest BCUT2D eigenvalue weighted by molar-refractivity contribution is -0.133. The summed E-state index contributed by atoms with van der Waals surface area (Å²) < 4.78 is 5.41. The van der Waals surface area contributed by atoms with Gasteiger partial charge in [-0.15, -0.1) is 11.3 Å². The van der Waals surface area contributed by atoms with Crippen molar-refractivity contribution in [3.05, 3.63) is 57.2 Å². The van der Waals surface area contributed by atoms with Crippen LogP contribution < -0.4 is 5.32 Å². The van der Waals surface area contributed by atoms with Crippen LogP contribution in [0.4, 0.5) is 4.79 Å². The van der Waals surface area contributed by atoms with Crippen molar-refractivity contribution in [2.75, 3.05) is 52.5 Å². The zero-order valence-electron chi connectivity index (χ0n) is 19.3. The molecule has 0 radical (unpaired) electrons. The Morgan fingerprint density at radius 1 is 1.24 bits per heavy atom. The van der Waals surface area contributed by atoms with E-state index in [1.165, 1.54) is 5.01 Å². The number of carbonyl (C=O) groups is 2. The Bertz CT molecular complexity index is 1010. The fraction of sp³-hybridized carbons (Fsp3) is 0.458. The van der Waals surface area contributed by atoms with Gasteiger partial charge in [-0.1, -0.05) is 35.9 Å². The Balaban J connectivity index is 1.53. The van der Waals surface area contributed by atoms with E-state index in [0.29, 0.717) is 44.3 Å². The highest BCUT2D eigenvalue weighted by Crippen LogP contribution is 2.37. The maximum Gasteiger partial charge on any atom is 0.317 e. The third-order valence-corrected chi connectivity index (χ3v) is 7.23. The molecular formula is C24H30ClN5O3S. The van der Waals surface area contributed by atoms with Crippen LogP contribution in [0.5, 0.6) is 0 Å². The minimum Gasteiger partial charge on any atom is -0.379 e. The first kappa shape index (κ1) is 24.7. The number of nitrogens with zero attached hydrogens (tertiary/aromatic N) is 4. The van der Waals surface area contributed by atoms with Gasteiger partial charge >= 0.3 is 6.03 Å². The van der Waals surface area contributed by atoms with Crippen LogP contribution in [0.15, 0.2) is 46.9 Å². The van der Waals surface area contributed by atoms with E-state index >= 15 is 0 Å². The number of hydrogen-bond acceptors (Lipinski definition) is 6. The second-order valence-corrected chi connectivity index (χ2v) is 9.57. The summed E-state index contributed by atoms with van der Waals surface area (Å²) in [5, 5.41) is 11.6. The number of morpholine rings is 1. The highest BCUT2D eigenvalue weighted by Gasteiger charge is 2.35. The van der Waals surface area contributed by atoms with Crippen LogP contribution in [0.25, 0.3) is 0 Å². The smallest absolute Gasteiger partial charge is 0.317 e. The van der Waals surface area contributed by atoms with Crippen molar-refractivity contribution in [3.8, 4) is 0 Å². The summed E-state index contributed by atoms with van der Waals surface area (Å²) in [6, 6.07) is 11.0. The molecule has 3 amide bonds. The molecule has 0 aliphatic carbocycles. The quantitative estimate of drug-likeness (QED) is 0.598. The largest absolute Gasteiger partial charge is 0.379 e. The van der Waals surface area contributed by atoms with E-state index in [4.69, 9.17) is 21.4 Å². The molecule has 1 aromatic carbocycles. The van der Waals surface area contributed by atoms with Gasteiger partial charge in [0.05, 0.1) is 29.8 Å². The SMILES string of the molecule is CCNC(=O)N(CCN1CCOCC1)CC(=O)N1N=C(c2cccs2)C[C@H]1c1ccccc1Cl. The van der Waals surface area contributed by atoms with E-state index < -0.39 is 0 Å². The van der Waals surface area contributed by atoms with Gasteiger partial charge in [-0.05, 0) is 30.0 Å². The van der Waals surface area contributed by atoms with Crippen LogP contribution in [0.1, 0.15) is 29.8 Å². The van der Waals surface area contributed by atoms with Gasteiger partial charge < -0.3 is 15.0 Å². The van der Waals surface area contributed by atoms with E-state index in [0.717, 1.165) is 29.2 Å². The molecule has 0 unspecified atom stereocenters. The van der Waals surface area contributed by atoms with E-state index in [9.17, 15) is 9.59 Å². The average molecular weight is 504 g/mol. The minimum absolute atomic E-state index is 0.0572. The summed E-state index contributed by atoms with van der Waals surface area (Å²) in [6.07, 6.45) is 0.574. The van der Waals surface area contributed by atoms with E-state index in [1.54, 1.807) is 16.2 Å². The molecule has 2 aromatic rings. The van der Waals surface area contributed by atoms with Crippen molar-refractivity contribution in [1.29, 1.82) is 0 Å². The van der Waals surface area contributed by atoms with Gasteiger partial charge in [0.15, 0.2) is 0 Å². The number of ether oxygens (including phenoxy) is 1. The first-order valence-electron chi connectivity index (χ1n) is 11.6. The lowest BCUT2D eigenvalue weighted by Crippen LogP contribution is -2.49. The van der Waals surface area contributed by atoms with Gasteiger partial charge in [-0.25, -0.2) is 9.80 Å². The molecule has 1 aromatic heterocycles. The molecule has 10 heteroatoms. The molecule has 1 saturated heterocycles. The Hall–Kier alpha value is -2.46. The van der Waals surface area contributed by atoms with E-state index in [1.807, 2.05) is 48.7 Å². The first-order valence-corrected chi connectivity index (χ1v) is 12.8. The Morgan fingerprint density at radius 2 is 2.03 bits per heavy atom. The molecule has 2 aliphatic rings. The standard InChI is InChI=1S/C24H30ClN5O3S/c1-2-26-24(32)29(10-9-28-11-13-33-14-12-28)17-23(31)30-21(18-6-3-4-7-19(18)25)16-20(27-30)22-8-5-15-34-22/h3-8,15,21H,2,9-14,16-17H2,1H3,(H,26,32)/t21-/m0/s1. The van der Waals surface area contributed by atoms with Gasteiger partial charge in [0, 0.05) is 44.2 Å². The first-order chi connectivity index (χ1) is 16.6. The molecule has 0 spiro atoms. The fourth-order valence-electron chi connectivity index (χ4n) is 4.16. The molecule has 182 valence electrons. The number of carbonyl (C=O) groups excluding carboxylic acids is 2. The predicted molar refractivity (Wildman–Crippen MR) is 134 cm³/mol. The van der Waals surface area contributed by atoms with Crippen LogP contribution in [-0.2, 0) is 9.53 Å². The number of hydrogen-bond donors (Lipinski definition) is 1. The van der Waals surface area contributed by atoms with Crippen molar-refractivity contribution < 1.29 is 14.3 Å². The van der Waals surface area contributed by atoms with Gasteiger partial charge in [-0.2, -0.15) is 5.10 Å². The molecule has 0 saturated carbocycles. The van der Waals surface area contributed by atoms with Crippen LogP contribution in [0, 0.1) is 0 Å². The molecule has 4 rings (SSSR count). The maximum atomic E-state index is 13.5. The third-order valence-electron chi connectivity index (χ3n) is 5.97. The van der Waals surface area contributed by atoms with Gasteiger partial charge in [-0.3, -0.25) is 9.69 Å². The summed E-state index contributed by atoms with van der Waals surface area (Å²) in [5.74, 6) is -0.232. The van der Waals surface area contributed by atoms with E-state index in [-0.39, 0.29) is 24.5 Å². The van der Waals surface area contributed by atoms with Crippen LogP contribution in [-0.4, -0.2) is 84.9 Å². The molecule has 1 fully saturated rings. The number of benzene rings is 1. The molecule has 0 bridgehead atoms. The zero-order chi connectivity index (χ0) is 23.9. The topological polar surface area (TPSA) is 77.5 Å². The normalized spacial score (nSPS) is 18.6. The second kappa shape index (κ2) is 11.8. The Labute approximate surface area is 209 Å². The molecule has 1 N–H and O–H groups in total. The number of nitrogens with one attached hydrogen (secondary N) is 1. The molecular weight excluding hydrogens is 474 g/mol. The predicted octanol–water partition coefficient (Wildman–Crippen LogP) is 3.44. The minimum atomic E-state index is -0.311. The van der Waals surface area contributed by atoms with Crippen molar-refractivity contribution in [1.82, 2.24) is 20.1 Å². The highest BCUT2D eigenvalue weighted by molar-refractivity contribution is 7.12. The number of thiophene rings is 1. The van der Waals surface area contributed by atoms with Crippen LogP contribution in [0.2, 0.25) is 5.02 Å². The summed E-state index contributed by atoms with van der Waals surface area (Å²) in [6.45, 7) is 6.46. The molecule has 2 aliphatic heterocycles. The summed E-state index contributed by atoms with van der Waals surface area (Å²) in [4.78, 5) is 31.2. The number of amides is 3. The van der Waals surface area contributed by atoms with Crippen molar-refractivity contribution >= 4 is 40.6 Å². The van der Waals surface area contributed by atoms with Gasteiger partial charge in [0.2, 0.25) is 0 Å². The maximum absolute atomic E-state index is 13.5. The zero-order valence-corrected chi connectivity index (χ0v) is 20.9. The molecule has 8 nitrogen and oxygen atoms in total. The monoisotopic (exact) mass is 503 g/mol. The summed E-state index contributed by atoms with van der Waals surface area (Å²) in [7, 11) is 0.